The third-order valence-electron chi connectivity index (χ3n) is 3.97. The number of hydrogen-bond donors (Lipinski definition) is 1. The van der Waals surface area contributed by atoms with E-state index in [1.807, 2.05) is 0 Å². The summed E-state index contributed by atoms with van der Waals surface area (Å²) in [6.45, 7) is 8.16. The van der Waals surface area contributed by atoms with Gasteiger partial charge in [-0.25, -0.2) is 0 Å². The van der Waals surface area contributed by atoms with Gasteiger partial charge in [-0.3, -0.25) is 0 Å². The average Bonchev–Trinajstić information content (AvgIpc) is 2.30. The Morgan fingerprint density at radius 3 is 2.88 bits per heavy atom. The molecule has 2 unspecified atom stereocenters. The highest BCUT2D eigenvalue weighted by Crippen LogP contribution is 2.22. The van der Waals surface area contributed by atoms with E-state index in [9.17, 15) is 0 Å². The van der Waals surface area contributed by atoms with Gasteiger partial charge in [0, 0.05) is 12.6 Å². The summed E-state index contributed by atoms with van der Waals surface area (Å²) in [6, 6.07) is 0.784. The Labute approximate surface area is 102 Å². The molecule has 1 aliphatic rings. The Kier molecular flexibility index (Phi) is 7.06. The Hall–Kier alpha value is -0.0800. The van der Waals surface area contributed by atoms with Crippen molar-refractivity contribution in [1.29, 1.82) is 0 Å². The highest BCUT2D eigenvalue weighted by atomic mass is 15.2. The third-order valence-corrected chi connectivity index (χ3v) is 3.97. The molecule has 0 bridgehead atoms. The van der Waals surface area contributed by atoms with E-state index in [0.29, 0.717) is 0 Å². The van der Waals surface area contributed by atoms with Crippen LogP contribution in [0.5, 0.6) is 0 Å². The van der Waals surface area contributed by atoms with Crippen molar-refractivity contribution in [1.82, 2.24) is 4.90 Å². The Bertz CT molecular complexity index is 168. The minimum absolute atomic E-state index is 0.784. The van der Waals surface area contributed by atoms with Crippen LogP contribution in [-0.4, -0.2) is 30.6 Å². The predicted molar refractivity (Wildman–Crippen MR) is 71.6 cm³/mol. The summed E-state index contributed by atoms with van der Waals surface area (Å²) in [6.07, 6.45) is 9.50. The molecule has 0 amide bonds. The van der Waals surface area contributed by atoms with Crippen molar-refractivity contribution in [2.45, 2.75) is 64.8 Å². The number of likely N-dealkylation sites (tertiary alicyclic amines) is 1. The Morgan fingerprint density at radius 2 is 2.19 bits per heavy atom. The quantitative estimate of drug-likeness (QED) is 0.676. The third kappa shape index (κ3) is 4.84. The van der Waals surface area contributed by atoms with Gasteiger partial charge in [0.05, 0.1) is 0 Å². The molecule has 96 valence electrons. The summed E-state index contributed by atoms with van der Waals surface area (Å²) in [5.74, 6) is 0.868. The van der Waals surface area contributed by atoms with E-state index in [4.69, 9.17) is 5.73 Å². The molecule has 0 aromatic rings. The fraction of sp³-hybridized carbons (Fsp3) is 1.00. The van der Waals surface area contributed by atoms with E-state index in [0.717, 1.165) is 18.5 Å². The van der Waals surface area contributed by atoms with Crippen molar-refractivity contribution in [2.75, 3.05) is 19.6 Å². The zero-order valence-corrected chi connectivity index (χ0v) is 11.3. The van der Waals surface area contributed by atoms with Gasteiger partial charge in [-0.05, 0) is 51.6 Å². The predicted octanol–water partition coefficient (Wildman–Crippen LogP) is 3.02. The molecule has 1 fully saturated rings. The summed E-state index contributed by atoms with van der Waals surface area (Å²) in [5.41, 5.74) is 5.66. The number of rotatable bonds is 7. The van der Waals surface area contributed by atoms with Gasteiger partial charge in [0.1, 0.15) is 0 Å². The second kappa shape index (κ2) is 8.08. The molecule has 0 spiro atoms. The Morgan fingerprint density at radius 1 is 1.38 bits per heavy atom. The lowest BCUT2D eigenvalue weighted by atomic mass is 9.93. The van der Waals surface area contributed by atoms with Gasteiger partial charge in [-0.2, -0.15) is 0 Å². The van der Waals surface area contributed by atoms with Crippen molar-refractivity contribution < 1.29 is 0 Å². The second-order valence-corrected chi connectivity index (χ2v) is 5.43. The maximum absolute atomic E-state index is 5.66. The topological polar surface area (TPSA) is 29.3 Å². The lowest BCUT2D eigenvalue weighted by Crippen LogP contribution is -2.41. The van der Waals surface area contributed by atoms with Gasteiger partial charge in [0.2, 0.25) is 0 Å². The fourth-order valence-corrected chi connectivity index (χ4v) is 2.84. The number of hydrogen-bond acceptors (Lipinski definition) is 2. The molecule has 2 N–H and O–H groups in total. The van der Waals surface area contributed by atoms with Crippen LogP contribution in [0.15, 0.2) is 0 Å². The van der Waals surface area contributed by atoms with Crippen LogP contribution < -0.4 is 5.73 Å². The van der Waals surface area contributed by atoms with Crippen LogP contribution >= 0.6 is 0 Å². The molecule has 2 heteroatoms. The first-order valence-corrected chi connectivity index (χ1v) is 7.22. The minimum Gasteiger partial charge on any atom is -0.330 e. The smallest absolute Gasteiger partial charge is 0.00670 e. The molecule has 1 saturated heterocycles. The standard InChI is InChI=1S/C14H30N2/c1-3-4-5-7-13(2)16-11-6-8-14(12-16)9-10-15/h13-14H,3-12,15H2,1-2H3. The molecular formula is C14H30N2. The monoisotopic (exact) mass is 226 g/mol. The van der Waals surface area contributed by atoms with Gasteiger partial charge in [0.15, 0.2) is 0 Å². The van der Waals surface area contributed by atoms with Gasteiger partial charge < -0.3 is 10.6 Å². The van der Waals surface area contributed by atoms with Crippen molar-refractivity contribution >= 4 is 0 Å². The van der Waals surface area contributed by atoms with Gasteiger partial charge in [0.25, 0.3) is 0 Å². The first-order chi connectivity index (χ1) is 7.77. The molecular weight excluding hydrogens is 196 g/mol. The largest absolute Gasteiger partial charge is 0.330 e. The van der Waals surface area contributed by atoms with E-state index < -0.39 is 0 Å². The molecule has 16 heavy (non-hydrogen) atoms. The van der Waals surface area contributed by atoms with Crippen molar-refractivity contribution in [3.05, 3.63) is 0 Å². The lowest BCUT2D eigenvalue weighted by Gasteiger charge is -2.37. The zero-order chi connectivity index (χ0) is 11.8. The summed E-state index contributed by atoms with van der Waals surface area (Å²) < 4.78 is 0. The second-order valence-electron chi connectivity index (χ2n) is 5.43. The number of piperidine rings is 1. The molecule has 0 aromatic heterocycles. The van der Waals surface area contributed by atoms with Crippen molar-refractivity contribution in [3.63, 3.8) is 0 Å². The average molecular weight is 226 g/mol. The van der Waals surface area contributed by atoms with Gasteiger partial charge in [-0.1, -0.05) is 26.2 Å². The summed E-state index contributed by atoms with van der Waals surface area (Å²) in [5, 5.41) is 0. The normalized spacial score (nSPS) is 24.6. The van der Waals surface area contributed by atoms with Crippen molar-refractivity contribution in [3.8, 4) is 0 Å². The van der Waals surface area contributed by atoms with Crippen molar-refractivity contribution in [2.24, 2.45) is 11.7 Å². The van der Waals surface area contributed by atoms with Crippen LogP contribution in [0.3, 0.4) is 0 Å². The Balaban J connectivity index is 2.23. The van der Waals surface area contributed by atoms with Crippen LogP contribution in [0.1, 0.15) is 58.8 Å². The van der Waals surface area contributed by atoms with Crippen LogP contribution in [0, 0.1) is 5.92 Å². The molecule has 1 aliphatic heterocycles. The van der Waals surface area contributed by atoms with Gasteiger partial charge >= 0.3 is 0 Å². The molecule has 0 aliphatic carbocycles. The molecule has 1 heterocycles. The molecule has 1 rings (SSSR count). The first kappa shape index (κ1) is 14.0. The summed E-state index contributed by atoms with van der Waals surface area (Å²) in [4.78, 5) is 2.69. The van der Waals surface area contributed by atoms with Crippen LogP contribution in [-0.2, 0) is 0 Å². The summed E-state index contributed by atoms with van der Waals surface area (Å²) in [7, 11) is 0. The van der Waals surface area contributed by atoms with Crippen LogP contribution in [0.4, 0.5) is 0 Å². The maximum Gasteiger partial charge on any atom is 0.00670 e. The summed E-state index contributed by atoms with van der Waals surface area (Å²) >= 11 is 0. The fourth-order valence-electron chi connectivity index (χ4n) is 2.84. The molecule has 0 aromatic carbocycles. The minimum atomic E-state index is 0.784. The van der Waals surface area contributed by atoms with Crippen LogP contribution in [0.25, 0.3) is 0 Å². The first-order valence-electron chi connectivity index (χ1n) is 7.22. The van der Waals surface area contributed by atoms with Crippen LogP contribution in [0.2, 0.25) is 0 Å². The molecule has 0 radical (unpaired) electrons. The highest BCUT2D eigenvalue weighted by Gasteiger charge is 2.22. The molecule has 0 saturated carbocycles. The maximum atomic E-state index is 5.66. The lowest BCUT2D eigenvalue weighted by molar-refractivity contribution is 0.121. The van der Waals surface area contributed by atoms with E-state index >= 15 is 0 Å². The zero-order valence-electron chi connectivity index (χ0n) is 11.3. The van der Waals surface area contributed by atoms with E-state index in [1.165, 1.54) is 58.0 Å². The number of nitrogens with zero attached hydrogens (tertiary/aromatic N) is 1. The number of unbranched alkanes of at least 4 members (excludes halogenated alkanes) is 2. The van der Waals surface area contributed by atoms with E-state index in [-0.39, 0.29) is 0 Å². The van der Waals surface area contributed by atoms with Gasteiger partial charge in [-0.15, -0.1) is 0 Å². The highest BCUT2D eigenvalue weighted by molar-refractivity contribution is 4.77. The van der Waals surface area contributed by atoms with E-state index in [2.05, 4.69) is 18.7 Å². The number of nitrogens with two attached hydrogens (primary N) is 1. The van der Waals surface area contributed by atoms with E-state index in [1.54, 1.807) is 0 Å². The molecule has 2 atom stereocenters. The SMILES string of the molecule is CCCCCC(C)N1CCCC(CCN)C1. The molecule has 2 nitrogen and oxygen atoms in total.